The zero-order valence-electron chi connectivity index (χ0n) is 17.0. The van der Waals surface area contributed by atoms with Crippen molar-refractivity contribution in [2.45, 2.75) is 44.4 Å². The van der Waals surface area contributed by atoms with E-state index in [1.165, 1.54) is 5.56 Å². The molecule has 0 aliphatic carbocycles. The van der Waals surface area contributed by atoms with Crippen LogP contribution in [0.3, 0.4) is 0 Å². The molecule has 0 bridgehead atoms. The lowest BCUT2D eigenvalue weighted by Crippen LogP contribution is -2.36. The highest BCUT2D eigenvalue weighted by molar-refractivity contribution is 7.89. The molecule has 0 spiro atoms. The van der Waals surface area contributed by atoms with Crippen molar-refractivity contribution in [1.82, 2.24) is 9.62 Å². The van der Waals surface area contributed by atoms with E-state index < -0.39 is 10.0 Å². The third-order valence-corrected chi connectivity index (χ3v) is 6.78. The zero-order chi connectivity index (χ0) is 20.7. The lowest BCUT2D eigenvalue weighted by Gasteiger charge is -2.26. The van der Waals surface area contributed by atoms with Crippen LogP contribution in [0.5, 0.6) is 0 Å². The molecule has 4 nitrogen and oxygen atoms in total. The van der Waals surface area contributed by atoms with Gasteiger partial charge in [0.1, 0.15) is 0 Å². The average molecular weight is 409 g/mol. The third kappa shape index (κ3) is 5.76. The van der Waals surface area contributed by atoms with E-state index in [0.29, 0.717) is 18.0 Å². The van der Waals surface area contributed by atoms with Crippen molar-refractivity contribution in [2.24, 2.45) is 0 Å². The summed E-state index contributed by atoms with van der Waals surface area (Å²) in [7, 11) is -3.59. The molecule has 3 rings (SSSR count). The number of hydrogen-bond acceptors (Lipinski definition) is 3. The molecule has 5 heteroatoms. The standard InChI is InChI=1S/C24H28N2O2S/c1-20(2)26(19-22-12-7-4-8-13-22)29(27,28)24-15-9-14-23(16-24)18-25-17-21-10-5-3-6-11-21/h3-16,20,25H,17-19H2,1-2H3. The largest absolute Gasteiger partial charge is 0.309 e. The Hall–Kier alpha value is -2.47. The van der Waals surface area contributed by atoms with Crippen molar-refractivity contribution >= 4 is 10.0 Å². The Labute approximate surface area is 174 Å². The number of nitrogens with zero attached hydrogens (tertiary/aromatic N) is 1. The van der Waals surface area contributed by atoms with E-state index in [0.717, 1.165) is 17.7 Å². The zero-order valence-corrected chi connectivity index (χ0v) is 17.8. The number of rotatable bonds is 9. The molecular formula is C24H28N2O2S. The van der Waals surface area contributed by atoms with E-state index in [1.54, 1.807) is 16.4 Å². The Morgan fingerprint density at radius 2 is 1.31 bits per heavy atom. The molecular weight excluding hydrogens is 380 g/mol. The minimum atomic E-state index is -3.59. The first-order valence-electron chi connectivity index (χ1n) is 9.86. The van der Waals surface area contributed by atoms with Gasteiger partial charge in [-0.05, 0) is 42.7 Å². The summed E-state index contributed by atoms with van der Waals surface area (Å²) in [6.45, 7) is 5.53. The summed E-state index contributed by atoms with van der Waals surface area (Å²) in [5.74, 6) is 0. The molecule has 29 heavy (non-hydrogen) atoms. The first kappa shape index (κ1) is 21.2. The topological polar surface area (TPSA) is 49.4 Å². The van der Waals surface area contributed by atoms with E-state index in [1.807, 2.05) is 74.5 Å². The number of benzene rings is 3. The maximum absolute atomic E-state index is 13.3. The molecule has 0 heterocycles. The molecule has 0 aliphatic heterocycles. The lowest BCUT2D eigenvalue weighted by atomic mass is 10.2. The van der Waals surface area contributed by atoms with Gasteiger partial charge in [-0.3, -0.25) is 0 Å². The Balaban J connectivity index is 1.74. The van der Waals surface area contributed by atoms with Gasteiger partial charge < -0.3 is 5.32 Å². The second-order valence-electron chi connectivity index (χ2n) is 7.37. The first-order chi connectivity index (χ1) is 14.0. The van der Waals surface area contributed by atoms with Crippen LogP contribution in [0.2, 0.25) is 0 Å². The van der Waals surface area contributed by atoms with Gasteiger partial charge in [0.2, 0.25) is 10.0 Å². The Bertz CT molecular complexity index is 1000. The molecule has 3 aromatic carbocycles. The van der Waals surface area contributed by atoms with Gasteiger partial charge >= 0.3 is 0 Å². The van der Waals surface area contributed by atoms with E-state index >= 15 is 0 Å². The molecule has 0 radical (unpaired) electrons. The Morgan fingerprint density at radius 3 is 1.93 bits per heavy atom. The minimum Gasteiger partial charge on any atom is -0.309 e. The van der Waals surface area contributed by atoms with E-state index in [-0.39, 0.29) is 6.04 Å². The van der Waals surface area contributed by atoms with E-state index in [9.17, 15) is 8.42 Å². The molecule has 0 atom stereocenters. The lowest BCUT2D eigenvalue weighted by molar-refractivity contribution is 0.348. The Kier molecular flexibility index (Phi) is 7.20. The average Bonchev–Trinajstić information content (AvgIpc) is 2.73. The summed E-state index contributed by atoms with van der Waals surface area (Å²) >= 11 is 0. The molecule has 0 aliphatic rings. The van der Waals surface area contributed by atoms with E-state index in [2.05, 4.69) is 17.4 Å². The molecule has 1 N–H and O–H groups in total. The number of sulfonamides is 1. The third-order valence-electron chi connectivity index (χ3n) is 4.76. The van der Waals surface area contributed by atoms with Gasteiger partial charge in [-0.1, -0.05) is 72.8 Å². The highest BCUT2D eigenvalue weighted by Crippen LogP contribution is 2.22. The minimum absolute atomic E-state index is 0.139. The fourth-order valence-corrected chi connectivity index (χ4v) is 4.90. The van der Waals surface area contributed by atoms with Crippen molar-refractivity contribution in [3.8, 4) is 0 Å². The molecule has 0 saturated carbocycles. The van der Waals surface area contributed by atoms with Crippen LogP contribution in [-0.2, 0) is 29.7 Å². The van der Waals surface area contributed by atoms with E-state index in [4.69, 9.17) is 0 Å². The van der Waals surface area contributed by atoms with Crippen LogP contribution in [0, 0.1) is 0 Å². The number of nitrogens with one attached hydrogen (secondary N) is 1. The predicted molar refractivity (Wildman–Crippen MR) is 118 cm³/mol. The van der Waals surface area contributed by atoms with Crippen molar-refractivity contribution in [3.63, 3.8) is 0 Å². The highest BCUT2D eigenvalue weighted by Gasteiger charge is 2.27. The van der Waals surface area contributed by atoms with Gasteiger partial charge in [-0.15, -0.1) is 0 Å². The first-order valence-corrected chi connectivity index (χ1v) is 11.3. The van der Waals surface area contributed by atoms with Crippen molar-refractivity contribution in [1.29, 1.82) is 0 Å². The molecule has 0 aromatic heterocycles. The van der Waals surface area contributed by atoms with Gasteiger partial charge in [-0.2, -0.15) is 4.31 Å². The summed E-state index contributed by atoms with van der Waals surface area (Å²) in [6.07, 6.45) is 0. The summed E-state index contributed by atoms with van der Waals surface area (Å²) in [6, 6.07) is 26.9. The van der Waals surface area contributed by atoms with Gasteiger partial charge in [0.15, 0.2) is 0 Å². The second-order valence-corrected chi connectivity index (χ2v) is 9.26. The molecule has 0 saturated heterocycles. The van der Waals surface area contributed by atoms with Crippen LogP contribution in [-0.4, -0.2) is 18.8 Å². The molecule has 0 fully saturated rings. The number of hydrogen-bond donors (Lipinski definition) is 1. The molecule has 0 amide bonds. The normalized spacial score (nSPS) is 11.9. The van der Waals surface area contributed by atoms with Crippen LogP contribution in [0.1, 0.15) is 30.5 Å². The SMILES string of the molecule is CC(C)N(Cc1ccccc1)S(=O)(=O)c1cccc(CNCc2ccccc2)c1. The second kappa shape index (κ2) is 9.83. The summed E-state index contributed by atoms with van der Waals surface area (Å²) < 4.78 is 28.2. The fourth-order valence-electron chi connectivity index (χ4n) is 3.21. The fraction of sp³-hybridized carbons (Fsp3) is 0.250. The maximum Gasteiger partial charge on any atom is 0.243 e. The Morgan fingerprint density at radius 1 is 0.759 bits per heavy atom. The van der Waals surface area contributed by atoms with Gasteiger partial charge in [0.05, 0.1) is 4.90 Å². The van der Waals surface area contributed by atoms with Crippen LogP contribution >= 0.6 is 0 Å². The quantitative estimate of drug-likeness (QED) is 0.564. The van der Waals surface area contributed by atoms with Crippen molar-refractivity contribution in [2.75, 3.05) is 0 Å². The van der Waals surface area contributed by atoms with Crippen LogP contribution < -0.4 is 5.32 Å². The van der Waals surface area contributed by atoms with Crippen LogP contribution in [0.4, 0.5) is 0 Å². The van der Waals surface area contributed by atoms with Gasteiger partial charge in [0, 0.05) is 25.7 Å². The van der Waals surface area contributed by atoms with Crippen molar-refractivity contribution in [3.05, 3.63) is 102 Å². The smallest absolute Gasteiger partial charge is 0.243 e. The summed E-state index contributed by atoms with van der Waals surface area (Å²) in [5.41, 5.74) is 3.13. The summed E-state index contributed by atoms with van der Waals surface area (Å²) in [4.78, 5) is 0.334. The van der Waals surface area contributed by atoms with Gasteiger partial charge in [0.25, 0.3) is 0 Å². The monoisotopic (exact) mass is 408 g/mol. The maximum atomic E-state index is 13.3. The van der Waals surface area contributed by atoms with Crippen LogP contribution in [0.15, 0.2) is 89.8 Å². The predicted octanol–water partition coefficient (Wildman–Crippen LogP) is 4.58. The van der Waals surface area contributed by atoms with Crippen molar-refractivity contribution < 1.29 is 8.42 Å². The summed E-state index contributed by atoms with van der Waals surface area (Å²) in [5, 5.41) is 3.38. The molecule has 0 unspecified atom stereocenters. The molecule has 152 valence electrons. The van der Waals surface area contributed by atoms with Gasteiger partial charge in [-0.25, -0.2) is 8.42 Å². The van der Waals surface area contributed by atoms with Crippen LogP contribution in [0.25, 0.3) is 0 Å². The molecule has 3 aromatic rings. The highest BCUT2D eigenvalue weighted by atomic mass is 32.2.